The molecule has 186 valence electrons. The quantitative estimate of drug-likeness (QED) is 0.396. The topological polar surface area (TPSA) is 114 Å². The Morgan fingerprint density at radius 3 is 2.43 bits per heavy atom. The van der Waals surface area contributed by atoms with Crippen molar-refractivity contribution in [2.75, 3.05) is 33.2 Å². The van der Waals surface area contributed by atoms with E-state index in [-0.39, 0.29) is 23.5 Å². The van der Waals surface area contributed by atoms with Gasteiger partial charge in [0.2, 0.25) is 0 Å². The highest BCUT2D eigenvalue weighted by molar-refractivity contribution is 5.85. The number of amides is 1. The Morgan fingerprint density at radius 1 is 1.11 bits per heavy atom. The number of aryl methyl sites for hydroxylation is 1. The maximum absolute atomic E-state index is 11.8. The van der Waals surface area contributed by atoms with Gasteiger partial charge in [-0.3, -0.25) is 10.00 Å². The molecule has 35 heavy (non-hydrogen) atoms. The summed E-state index contributed by atoms with van der Waals surface area (Å²) in [4.78, 5) is 20.7. The van der Waals surface area contributed by atoms with Crippen LogP contribution in [0, 0.1) is 6.92 Å². The minimum atomic E-state index is -0.344. The molecule has 0 aliphatic carbocycles. The second kappa shape index (κ2) is 10.4. The fourth-order valence-corrected chi connectivity index (χ4v) is 4.50. The minimum Gasteiger partial charge on any atom is -0.508 e. The van der Waals surface area contributed by atoms with E-state index in [9.17, 15) is 15.0 Å². The van der Waals surface area contributed by atoms with Gasteiger partial charge >= 0.3 is 6.09 Å². The van der Waals surface area contributed by atoms with Crippen molar-refractivity contribution in [3.8, 4) is 33.9 Å². The summed E-state index contributed by atoms with van der Waals surface area (Å²) in [5, 5.41) is 28.4. The summed E-state index contributed by atoms with van der Waals surface area (Å²) in [5.41, 5.74) is 8.42. The lowest BCUT2D eigenvalue weighted by Gasteiger charge is -2.33. The maximum atomic E-state index is 11.8. The largest absolute Gasteiger partial charge is 0.508 e. The third-order valence-electron chi connectivity index (χ3n) is 6.44. The first kappa shape index (κ1) is 24.6. The molecule has 0 atom stereocenters. The van der Waals surface area contributed by atoms with Crippen LogP contribution in [0.2, 0.25) is 0 Å². The standard InChI is InChI=1S/C26H33N5O4/c1-16(2)20-13-21(23(33)14-22(20)32)25-24(17(3)28-29-25)19-7-5-18(6-8-19)15-30-9-11-31(12-10-30)26(34)35-27-4/h5-8,13-14,16,27,32-33H,9-12,15H2,1-4H3,(H,28,29). The molecule has 1 saturated heterocycles. The number of aromatic nitrogens is 2. The molecule has 1 aliphatic rings. The first-order valence-electron chi connectivity index (χ1n) is 11.8. The van der Waals surface area contributed by atoms with Crippen LogP contribution in [-0.4, -0.2) is 69.5 Å². The molecule has 4 rings (SSSR count). The molecule has 0 bridgehead atoms. The zero-order valence-corrected chi connectivity index (χ0v) is 20.6. The molecule has 2 heterocycles. The van der Waals surface area contributed by atoms with Crippen LogP contribution in [0.1, 0.15) is 36.6 Å². The normalized spacial score (nSPS) is 14.5. The lowest BCUT2D eigenvalue weighted by atomic mass is 9.94. The van der Waals surface area contributed by atoms with Crippen LogP contribution in [0.3, 0.4) is 0 Å². The SMILES string of the molecule is CNOC(=O)N1CCN(Cc2ccc(-c3c(-c4cc(C(C)C)c(O)cc4O)n[nH]c3C)cc2)CC1. The van der Waals surface area contributed by atoms with Crippen molar-refractivity contribution < 1.29 is 19.8 Å². The molecule has 0 unspecified atom stereocenters. The van der Waals surface area contributed by atoms with E-state index in [0.717, 1.165) is 42.0 Å². The fourth-order valence-electron chi connectivity index (χ4n) is 4.50. The Morgan fingerprint density at radius 2 is 1.80 bits per heavy atom. The van der Waals surface area contributed by atoms with E-state index < -0.39 is 0 Å². The van der Waals surface area contributed by atoms with Crippen molar-refractivity contribution in [2.45, 2.75) is 33.2 Å². The number of aromatic amines is 1. The number of aromatic hydroxyl groups is 2. The summed E-state index contributed by atoms with van der Waals surface area (Å²) in [6.45, 7) is 9.57. The molecule has 0 saturated carbocycles. The van der Waals surface area contributed by atoms with E-state index >= 15 is 0 Å². The number of piperazine rings is 1. The average molecular weight is 480 g/mol. The Hall–Kier alpha value is -3.56. The Kier molecular flexibility index (Phi) is 7.28. The first-order chi connectivity index (χ1) is 16.8. The van der Waals surface area contributed by atoms with E-state index in [1.807, 2.05) is 26.8 Å². The van der Waals surface area contributed by atoms with Gasteiger partial charge in [0.1, 0.15) is 17.2 Å². The van der Waals surface area contributed by atoms with Gasteiger partial charge in [-0.2, -0.15) is 10.6 Å². The monoisotopic (exact) mass is 479 g/mol. The molecule has 9 heteroatoms. The lowest BCUT2D eigenvalue weighted by Crippen LogP contribution is -2.49. The number of hydroxylamine groups is 1. The number of hydrogen-bond donors (Lipinski definition) is 4. The van der Waals surface area contributed by atoms with Crippen LogP contribution < -0.4 is 5.48 Å². The van der Waals surface area contributed by atoms with Crippen molar-refractivity contribution in [1.29, 1.82) is 0 Å². The highest BCUT2D eigenvalue weighted by atomic mass is 16.7. The van der Waals surface area contributed by atoms with Crippen LogP contribution in [0.15, 0.2) is 36.4 Å². The predicted octanol–water partition coefficient (Wildman–Crippen LogP) is 3.98. The van der Waals surface area contributed by atoms with Gasteiger partial charge in [0.05, 0.1) is 0 Å². The van der Waals surface area contributed by atoms with Gasteiger partial charge in [0.25, 0.3) is 0 Å². The Labute approximate surface area is 205 Å². The average Bonchev–Trinajstić information content (AvgIpc) is 3.21. The van der Waals surface area contributed by atoms with Gasteiger partial charge in [-0.05, 0) is 35.6 Å². The van der Waals surface area contributed by atoms with Crippen molar-refractivity contribution in [2.24, 2.45) is 0 Å². The highest BCUT2D eigenvalue weighted by Crippen LogP contribution is 2.41. The third kappa shape index (κ3) is 5.26. The summed E-state index contributed by atoms with van der Waals surface area (Å²) in [6.07, 6.45) is -0.344. The number of phenolic OH excluding ortho intramolecular Hbond substituents is 2. The van der Waals surface area contributed by atoms with Crippen LogP contribution in [0.25, 0.3) is 22.4 Å². The zero-order chi connectivity index (χ0) is 25.1. The summed E-state index contributed by atoms with van der Waals surface area (Å²) in [7, 11) is 1.57. The zero-order valence-electron chi connectivity index (χ0n) is 20.6. The molecular formula is C26H33N5O4. The third-order valence-corrected chi connectivity index (χ3v) is 6.44. The summed E-state index contributed by atoms with van der Waals surface area (Å²) < 4.78 is 0. The number of phenols is 2. The first-order valence-corrected chi connectivity index (χ1v) is 11.8. The fraction of sp³-hybridized carbons (Fsp3) is 0.385. The number of hydrogen-bond acceptors (Lipinski definition) is 7. The molecule has 0 radical (unpaired) electrons. The van der Waals surface area contributed by atoms with E-state index in [4.69, 9.17) is 4.84 Å². The number of benzene rings is 2. The van der Waals surface area contributed by atoms with Crippen LogP contribution in [0.5, 0.6) is 11.5 Å². The number of carbonyl (C=O) groups is 1. The molecule has 1 aromatic heterocycles. The molecule has 2 aromatic carbocycles. The van der Waals surface area contributed by atoms with Crippen molar-refractivity contribution in [1.82, 2.24) is 25.5 Å². The molecule has 1 aliphatic heterocycles. The summed E-state index contributed by atoms with van der Waals surface area (Å²) >= 11 is 0. The van der Waals surface area contributed by atoms with Gasteiger partial charge in [-0.25, -0.2) is 4.79 Å². The second-order valence-corrected chi connectivity index (χ2v) is 9.19. The van der Waals surface area contributed by atoms with Gasteiger partial charge in [0.15, 0.2) is 0 Å². The molecule has 4 N–H and O–H groups in total. The molecule has 3 aromatic rings. The second-order valence-electron chi connectivity index (χ2n) is 9.19. The van der Waals surface area contributed by atoms with E-state index in [1.165, 1.54) is 11.6 Å². The van der Waals surface area contributed by atoms with Crippen molar-refractivity contribution in [3.63, 3.8) is 0 Å². The van der Waals surface area contributed by atoms with Crippen LogP contribution in [0.4, 0.5) is 4.79 Å². The number of nitrogens with zero attached hydrogens (tertiary/aromatic N) is 3. The number of nitrogens with one attached hydrogen (secondary N) is 2. The smallest absolute Gasteiger partial charge is 0.428 e. The Balaban J connectivity index is 1.51. The highest BCUT2D eigenvalue weighted by Gasteiger charge is 2.23. The Bertz CT molecular complexity index is 1180. The molecule has 1 fully saturated rings. The van der Waals surface area contributed by atoms with Gasteiger partial charge in [-0.1, -0.05) is 38.1 Å². The van der Waals surface area contributed by atoms with E-state index in [2.05, 4.69) is 44.8 Å². The van der Waals surface area contributed by atoms with Crippen LogP contribution >= 0.6 is 0 Å². The molecule has 0 spiro atoms. The number of H-pyrrole nitrogens is 1. The lowest BCUT2D eigenvalue weighted by molar-refractivity contribution is 0.0466. The number of carbonyl (C=O) groups excluding carboxylic acids is 1. The summed E-state index contributed by atoms with van der Waals surface area (Å²) in [6, 6.07) is 11.5. The molecule has 9 nitrogen and oxygen atoms in total. The maximum Gasteiger partial charge on any atom is 0.428 e. The molecular weight excluding hydrogens is 446 g/mol. The van der Waals surface area contributed by atoms with Crippen molar-refractivity contribution in [3.05, 3.63) is 53.2 Å². The minimum absolute atomic E-state index is 0.00554. The molecule has 1 amide bonds. The van der Waals surface area contributed by atoms with E-state index in [0.29, 0.717) is 24.3 Å². The van der Waals surface area contributed by atoms with Crippen molar-refractivity contribution >= 4 is 6.09 Å². The number of rotatable bonds is 6. The van der Waals surface area contributed by atoms with E-state index in [1.54, 1.807) is 11.9 Å². The van der Waals surface area contributed by atoms with Gasteiger partial charge < -0.3 is 20.0 Å². The van der Waals surface area contributed by atoms with Gasteiger partial charge in [-0.15, -0.1) is 0 Å². The van der Waals surface area contributed by atoms with Crippen LogP contribution in [-0.2, 0) is 11.4 Å². The van der Waals surface area contributed by atoms with Gasteiger partial charge in [0, 0.05) is 62.7 Å². The predicted molar refractivity (Wildman–Crippen MR) is 134 cm³/mol. The summed E-state index contributed by atoms with van der Waals surface area (Å²) in [5.74, 6) is 0.182.